The molecule has 0 aromatic heterocycles. The van der Waals surface area contributed by atoms with Crippen LogP contribution in [0, 0.1) is 0 Å². The van der Waals surface area contributed by atoms with Crippen molar-refractivity contribution in [2.24, 2.45) is 0 Å². The number of hydrogen-bond acceptors (Lipinski definition) is 5. The van der Waals surface area contributed by atoms with Crippen LogP contribution in [0.2, 0.25) is 0 Å². The van der Waals surface area contributed by atoms with Gasteiger partial charge in [0.2, 0.25) is 0 Å². The molecule has 0 spiro atoms. The average molecular weight is 466 g/mol. The van der Waals surface area contributed by atoms with E-state index >= 15 is 0 Å². The van der Waals surface area contributed by atoms with E-state index in [-0.39, 0.29) is 16.5 Å². The third kappa shape index (κ3) is 2.72. The Morgan fingerprint density at radius 3 is 1.97 bits per heavy atom. The van der Waals surface area contributed by atoms with Crippen molar-refractivity contribution in [2.75, 3.05) is 0 Å². The van der Waals surface area contributed by atoms with Gasteiger partial charge in [0.1, 0.15) is 0 Å². The predicted molar refractivity (Wildman–Crippen MR) is 130 cm³/mol. The Kier molecular flexibility index (Phi) is 4.35. The minimum Gasteiger partial charge on any atom is -0.478 e. The molecular weight excluding hydrogens is 448 g/mol. The van der Waals surface area contributed by atoms with Gasteiger partial charge in [-0.05, 0) is 75.0 Å². The number of aryl methyl sites for hydroxylation is 1. The highest BCUT2D eigenvalue weighted by Crippen LogP contribution is 2.46. The maximum Gasteiger partial charge on any atom is 0.346 e. The molecule has 2 N–H and O–H groups in total. The molecule has 6 rings (SSSR count). The highest BCUT2D eigenvalue weighted by molar-refractivity contribution is 6.39. The first-order valence-electron chi connectivity index (χ1n) is 11.3. The first-order chi connectivity index (χ1) is 16.8. The molecule has 0 bridgehead atoms. The van der Waals surface area contributed by atoms with Gasteiger partial charge in [-0.25, -0.2) is 19.2 Å². The van der Waals surface area contributed by atoms with Crippen molar-refractivity contribution in [3.8, 4) is 0 Å². The summed E-state index contributed by atoms with van der Waals surface area (Å²) in [5, 5.41) is 24.6. The fourth-order valence-electron chi connectivity index (χ4n) is 5.53. The van der Waals surface area contributed by atoms with Crippen molar-refractivity contribution in [3.63, 3.8) is 0 Å². The van der Waals surface area contributed by atoms with Gasteiger partial charge in [-0.2, -0.15) is 0 Å². The van der Waals surface area contributed by atoms with Gasteiger partial charge >= 0.3 is 23.9 Å². The zero-order valence-corrected chi connectivity index (χ0v) is 18.6. The number of carboxylic acid groups (broad SMARTS) is 2. The molecule has 1 heterocycles. The van der Waals surface area contributed by atoms with Crippen LogP contribution in [0.1, 0.15) is 66.8 Å². The molecule has 0 radical (unpaired) electrons. The fraction of sp³-hybridized carbons (Fsp3) is 0.143. The molecule has 172 valence electrons. The summed E-state index contributed by atoms with van der Waals surface area (Å²) in [4.78, 5) is 49.5. The molecule has 7 heteroatoms. The second kappa shape index (κ2) is 7.24. The van der Waals surface area contributed by atoms with Crippen molar-refractivity contribution in [1.82, 2.24) is 0 Å². The number of esters is 2. The van der Waals surface area contributed by atoms with Crippen LogP contribution in [0.5, 0.6) is 0 Å². The molecule has 0 atom stereocenters. The van der Waals surface area contributed by atoms with E-state index in [1.165, 1.54) is 12.1 Å². The van der Waals surface area contributed by atoms with Crippen LogP contribution in [-0.2, 0) is 11.2 Å². The molecule has 0 fully saturated rings. The van der Waals surface area contributed by atoms with Gasteiger partial charge in [-0.3, -0.25) is 0 Å². The smallest absolute Gasteiger partial charge is 0.346 e. The standard InChI is InChI=1S/C28H18O7/c1-2-3-4-12-11-19-23-18(27(33)35-28(19)34)10-6-14-13-5-8-16(25(29)30)22-17(26(31)32)9-7-15(21(13)22)20(12)24(14)23/h5-11H,2-4H2,1H3,(H,29,30)(H,31,32). The Balaban J connectivity index is 1.95. The lowest BCUT2D eigenvalue weighted by Gasteiger charge is -2.23. The zero-order valence-electron chi connectivity index (χ0n) is 18.6. The number of fused-ring (bicyclic) bond motifs is 2. The summed E-state index contributed by atoms with van der Waals surface area (Å²) < 4.78 is 5.00. The van der Waals surface area contributed by atoms with E-state index in [9.17, 15) is 29.4 Å². The second-order valence-corrected chi connectivity index (χ2v) is 8.83. The van der Waals surface area contributed by atoms with Crippen molar-refractivity contribution >= 4 is 67.0 Å². The summed E-state index contributed by atoms with van der Waals surface area (Å²) in [6.07, 6.45) is 2.41. The minimum atomic E-state index is -1.22. The summed E-state index contributed by atoms with van der Waals surface area (Å²) in [5.41, 5.74) is 1.31. The Hall–Kier alpha value is -4.52. The van der Waals surface area contributed by atoms with E-state index in [1.807, 2.05) is 0 Å². The van der Waals surface area contributed by atoms with Crippen LogP contribution < -0.4 is 0 Å². The van der Waals surface area contributed by atoms with Crippen molar-refractivity contribution < 1.29 is 34.1 Å². The van der Waals surface area contributed by atoms with Crippen LogP contribution in [0.4, 0.5) is 0 Å². The van der Waals surface area contributed by atoms with Gasteiger partial charge < -0.3 is 14.9 Å². The summed E-state index contributed by atoms with van der Waals surface area (Å²) in [5.74, 6) is -3.83. The molecule has 0 unspecified atom stereocenters. The van der Waals surface area contributed by atoms with Crippen LogP contribution in [0.15, 0.2) is 42.5 Å². The number of rotatable bonds is 5. The zero-order chi connectivity index (χ0) is 24.6. The highest BCUT2D eigenvalue weighted by atomic mass is 16.6. The number of carbonyl (C=O) groups is 4. The van der Waals surface area contributed by atoms with Crippen molar-refractivity contribution in [3.05, 3.63) is 70.3 Å². The molecule has 0 saturated heterocycles. The maximum absolute atomic E-state index is 12.7. The van der Waals surface area contributed by atoms with E-state index in [1.54, 1.807) is 30.3 Å². The van der Waals surface area contributed by atoms with E-state index in [0.29, 0.717) is 39.1 Å². The largest absolute Gasteiger partial charge is 0.478 e. The van der Waals surface area contributed by atoms with Gasteiger partial charge in [0.25, 0.3) is 0 Å². The van der Waals surface area contributed by atoms with Crippen molar-refractivity contribution in [1.29, 1.82) is 0 Å². The molecular formula is C28H18O7. The van der Waals surface area contributed by atoms with E-state index in [4.69, 9.17) is 4.74 Å². The van der Waals surface area contributed by atoms with Crippen molar-refractivity contribution in [2.45, 2.75) is 26.2 Å². The first-order valence-corrected chi connectivity index (χ1v) is 11.3. The number of hydrogen-bond donors (Lipinski definition) is 2. The number of aromatic carboxylic acids is 2. The number of cyclic esters (lactones) is 2. The number of unbranched alkanes of at least 4 members (excludes halogenated alkanes) is 1. The molecule has 0 amide bonds. The Morgan fingerprint density at radius 2 is 1.31 bits per heavy atom. The van der Waals surface area contributed by atoms with Gasteiger partial charge in [-0.15, -0.1) is 0 Å². The average Bonchev–Trinajstić information content (AvgIpc) is 2.83. The normalized spacial score (nSPS) is 13.3. The first kappa shape index (κ1) is 21.0. The van der Waals surface area contributed by atoms with Gasteiger partial charge in [-0.1, -0.05) is 31.5 Å². The molecule has 5 aromatic rings. The summed E-state index contributed by atoms with van der Waals surface area (Å²) in [6, 6.07) is 11.3. The third-order valence-corrected chi connectivity index (χ3v) is 6.97. The molecule has 1 aliphatic heterocycles. The maximum atomic E-state index is 12.7. The fourth-order valence-corrected chi connectivity index (χ4v) is 5.53. The lowest BCUT2D eigenvalue weighted by atomic mass is 9.81. The molecule has 0 saturated carbocycles. The number of carbonyl (C=O) groups excluding carboxylic acids is 2. The summed E-state index contributed by atoms with van der Waals surface area (Å²) in [7, 11) is 0. The lowest BCUT2D eigenvalue weighted by molar-refractivity contribution is 0.0390. The molecule has 35 heavy (non-hydrogen) atoms. The van der Waals surface area contributed by atoms with Crippen LogP contribution in [0.25, 0.3) is 43.1 Å². The third-order valence-electron chi connectivity index (χ3n) is 6.97. The molecule has 7 nitrogen and oxygen atoms in total. The topological polar surface area (TPSA) is 118 Å². The van der Waals surface area contributed by atoms with E-state index in [2.05, 4.69) is 6.92 Å². The second-order valence-electron chi connectivity index (χ2n) is 8.83. The van der Waals surface area contributed by atoms with Crippen LogP contribution in [-0.4, -0.2) is 34.1 Å². The molecule has 1 aliphatic rings. The summed E-state index contributed by atoms with van der Waals surface area (Å²) in [6.45, 7) is 2.06. The SMILES string of the molecule is CCCCc1cc2c3c(ccc4c5ccc(C(=O)O)c6c(C(=O)O)ccc(c1c34)c65)C(=O)OC2=O. The number of benzene rings is 5. The highest BCUT2D eigenvalue weighted by Gasteiger charge is 2.31. The monoisotopic (exact) mass is 466 g/mol. The number of ether oxygens (including phenoxy) is 1. The predicted octanol–water partition coefficient (Wildman–Crippen LogP) is 5.79. The van der Waals surface area contributed by atoms with Crippen LogP contribution >= 0.6 is 0 Å². The minimum absolute atomic E-state index is 0.0917. The van der Waals surface area contributed by atoms with Gasteiger partial charge in [0, 0.05) is 10.8 Å². The Morgan fingerprint density at radius 1 is 0.714 bits per heavy atom. The summed E-state index contributed by atoms with van der Waals surface area (Å²) >= 11 is 0. The van der Waals surface area contributed by atoms with Crippen LogP contribution in [0.3, 0.4) is 0 Å². The van der Waals surface area contributed by atoms with Gasteiger partial charge in [0.15, 0.2) is 0 Å². The Labute approximate surface area is 197 Å². The molecule has 5 aromatic carbocycles. The van der Waals surface area contributed by atoms with Gasteiger partial charge in [0.05, 0.1) is 22.3 Å². The number of carboxylic acids is 2. The van der Waals surface area contributed by atoms with E-state index < -0.39 is 23.9 Å². The quantitative estimate of drug-likeness (QED) is 0.146. The molecule has 0 aliphatic carbocycles. The lowest BCUT2D eigenvalue weighted by Crippen LogP contribution is -2.20. The van der Waals surface area contributed by atoms with E-state index in [0.717, 1.165) is 34.6 Å². The Bertz CT molecular complexity index is 1770.